The highest BCUT2D eigenvalue weighted by Gasteiger charge is 2.57. The normalized spacial score (nSPS) is 26.8. The van der Waals surface area contributed by atoms with E-state index in [9.17, 15) is 28.0 Å². The molecule has 0 radical (unpaired) electrons. The second-order valence-corrected chi connectivity index (χ2v) is 11.5. The van der Waals surface area contributed by atoms with Crippen LogP contribution < -0.4 is 15.9 Å². The number of para-hydroxylation sites is 1. The number of ether oxygens (including phenoxy) is 2. The lowest BCUT2D eigenvalue weighted by atomic mass is 10.00. The molecule has 2 unspecified atom stereocenters. The molecule has 1 aromatic carbocycles. The Labute approximate surface area is 225 Å². The van der Waals surface area contributed by atoms with Gasteiger partial charge >= 0.3 is 19.3 Å². The Balaban J connectivity index is 1.97. The molecule has 1 aliphatic rings. The molecule has 0 bridgehead atoms. The Morgan fingerprint density at radius 2 is 2.05 bits per heavy atom. The summed E-state index contributed by atoms with van der Waals surface area (Å²) in [5, 5.41) is 10.9. The molecular weight excluding hydrogens is 551 g/mol. The topological polar surface area (TPSA) is 152 Å². The maximum absolute atomic E-state index is 14.2. The van der Waals surface area contributed by atoms with Crippen LogP contribution in [0.2, 0.25) is 0 Å². The number of aliphatic hydroxyl groups excluding tert-OH is 1. The zero-order valence-corrected chi connectivity index (χ0v) is 22.3. The Morgan fingerprint density at radius 3 is 2.66 bits per heavy atom. The van der Waals surface area contributed by atoms with Crippen LogP contribution in [0.25, 0.3) is 0 Å². The Morgan fingerprint density at radius 1 is 1.39 bits per heavy atom. The molecule has 0 amide bonds. The first-order chi connectivity index (χ1) is 18.5. The second-order valence-electron chi connectivity index (χ2n) is 8.87. The largest absolute Gasteiger partial charge is 0.463 e. The van der Waals surface area contributed by atoms with Gasteiger partial charge in [-0.15, -0.1) is 11.6 Å². The van der Waals surface area contributed by atoms with E-state index in [1.54, 1.807) is 32.0 Å². The van der Waals surface area contributed by atoms with Crippen molar-refractivity contribution in [1.82, 2.24) is 9.55 Å². The molecule has 1 aromatic heterocycles. The van der Waals surface area contributed by atoms with E-state index in [0.29, 0.717) is 10.8 Å². The van der Waals surface area contributed by atoms with Crippen molar-refractivity contribution in [2.75, 3.05) is 25.1 Å². The monoisotopic (exact) mass is 581 g/mol. The van der Waals surface area contributed by atoms with E-state index in [4.69, 9.17) is 38.6 Å². The number of nitrogens with zero attached hydrogens (tertiary/aromatic N) is 2. The van der Waals surface area contributed by atoms with Crippen LogP contribution in [0.3, 0.4) is 0 Å². The molecule has 2 aromatic rings. The van der Waals surface area contributed by atoms with Gasteiger partial charge in [-0.1, -0.05) is 25.1 Å². The molecule has 0 saturated carbocycles. The van der Waals surface area contributed by atoms with Gasteiger partial charge in [-0.3, -0.25) is 13.9 Å². The van der Waals surface area contributed by atoms with Crippen molar-refractivity contribution >= 4 is 31.0 Å². The summed E-state index contributed by atoms with van der Waals surface area (Å²) in [6.07, 6.45) is -7.07. The number of nitrogens with two attached hydrogens (primary N) is 1. The number of esters is 1. The third-order valence-corrected chi connectivity index (χ3v) is 7.78. The van der Waals surface area contributed by atoms with Crippen LogP contribution in [0.1, 0.15) is 29.7 Å². The molecule has 6 atom stereocenters. The average molecular weight is 582 g/mol. The minimum absolute atomic E-state index is 0.00208. The van der Waals surface area contributed by atoms with Gasteiger partial charge < -0.3 is 24.8 Å². The van der Waals surface area contributed by atoms with Gasteiger partial charge in [0.2, 0.25) is 0 Å². The van der Waals surface area contributed by atoms with Gasteiger partial charge in [0.25, 0.3) is 0 Å². The highest BCUT2D eigenvalue weighted by molar-refractivity contribution is 7.54. The number of aliphatic hydroxyl groups is 1. The summed E-state index contributed by atoms with van der Waals surface area (Å²) in [7, 11) is -4.62. The number of hydrogen-bond acceptors (Lipinski definition) is 10. The SMILES string of the molecule is [2H]C([2H])(OP(=O)(C[C@@H](C)C(=O)OC(C)C)Oc1ccccc1)[C@H]1O[C@@H](n2cc(F)c(N)nc2=O)C(Cl)(CF)[C@H]1O. The van der Waals surface area contributed by atoms with Gasteiger partial charge in [-0.05, 0) is 26.0 Å². The van der Waals surface area contributed by atoms with Gasteiger partial charge in [-0.2, -0.15) is 4.98 Å². The highest BCUT2D eigenvalue weighted by atomic mass is 35.5. The van der Waals surface area contributed by atoms with Crippen LogP contribution in [-0.2, 0) is 23.4 Å². The minimum Gasteiger partial charge on any atom is -0.463 e. The minimum atomic E-state index is -4.62. The fraction of sp³-hybridized carbons (Fsp3) is 0.522. The number of benzene rings is 1. The van der Waals surface area contributed by atoms with E-state index in [2.05, 4.69) is 4.98 Å². The third-order valence-electron chi connectivity index (χ3n) is 5.40. The molecule has 11 nitrogen and oxygen atoms in total. The number of alkyl halides is 2. The molecule has 3 rings (SSSR count). The lowest BCUT2D eigenvalue weighted by molar-refractivity contribution is -0.151. The van der Waals surface area contributed by atoms with Crippen molar-refractivity contribution in [2.45, 2.75) is 50.2 Å². The van der Waals surface area contributed by atoms with Crippen molar-refractivity contribution in [3.63, 3.8) is 0 Å². The predicted molar refractivity (Wildman–Crippen MR) is 133 cm³/mol. The van der Waals surface area contributed by atoms with Crippen LogP contribution in [0.5, 0.6) is 5.75 Å². The molecule has 1 fully saturated rings. The molecule has 1 aliphatic heterocycles. The number of carbonyl (C=O) groups is 1. The van der Waals surface area contributed by atoms with Crippen molar-refractivity contribution in [1.29, 1.82) is 0 Å². The maximum Gasteiger partial charge on any atom is 0.380 e. The summed E-state index contributed by atoms with van der Waals surface area (Å²) in [5.41, 5.74) is 4.05. The number of halogens is 3. The second kappa shape index (κ2) is 12.1. The molecule has 38 heavy (non-hydrogen) atoms. The molecular formula is C23H29ClF2N3O8P. The molecule has 2 heterocycles. The van der Waals surface area contributed by atoms with Gasteiger partial charge in [0.05, 0.1) is 33.7 Å². The van der Waals surface area contributed by atoms with Crippen molar-refractivity contribution < 1.29 is 44.5 Å². The summed E-state index contributed by atoms with van der Waals surface area (Å²) in [6, 6.07) is 7.53. The maximum atomic E-state index is 14.2. The number of carbonyl (C=O) groups excluding carboxylic acids is 1. The Hall–Kier alpha value is -2.57. The van der Waals surface area contributed by atoms with Gasteiger partial charge in [-0.25, -0.2) is 18.1 Å². The summed E-state index contributed by atoms with van der Waals surface area (Å²) in [4.78, 5) is 25.5. The predicted octanol–water partition coefficient (Wildman–Crippen LogP) is 3.05. The molecule has 0 spiro atoms. The van der Waals surface area contributed by atoms with Crippen molar-refractivity contribution in [2.24, 2.45) is 5.92 Å². The molecule has 3 N–H and O–H groups in total. The lowest BCUT2D eigenvalue weighted by Crippen LogP contribution is -2.46. The Kier molecular flexibility index (Phi) is 8.59. The summed E-state index contributed by atoms with van der Waals surface area (Å²) in [6.45, 7) is -0.248. The van der Waals surface area contributed by atoms with Gasteiger partial charge in [0.15, 0.2) is 17.9 Å². The van der Waals surface area contributed by atoms with Gasteiger partial charge in [0.1, 0.15) is 29.5 Å². The van der Waals surface area contributed by atoms with Crippen LogP contribution in [0.15, 0.2) is 41.3 Å². The van der Waals surface area contributed by atoms with Crippen LogP contribution in [0, 0.1) is 11.7 Å². The van der Waals surface area contributed by atoms with Crippen LogP contribution >= 0.6 is 19.2 Å². The third kappa shape index (κ3) is 6.70. The first kappa shape index (κ1) is 27.0. The molecule has 0 aliphatic carbocycles. The van der Waals surface area contributed by atoms with Crippen LogP contribution in [-0.4, -0.2) is 63.2 Å². The van der Waals surface area contributed by atoms with E-state index in [-0.39, 0.29) is 5.75 Å². The van der Waals surface area contributed by atoms with Crippen molar-refractivity contribution in [3.8, 4) is 5.75 Å². The lowest BCUT2D eigenvalue weighted by Gasteiger charge is -2.28. The van der Waals surface area contributed by atoms with E-state index >= 15 is 0 Å². The quantitative estimate of drug-likeness (QED) is 0.230. The summed E-state index contributed by atoms with van der Waals surface area (Å²) in [5.74, 6) is -3.82. The first-order valence-electron chi connectivity index (χ1n) is 12.4. The molecule has 1 saturated heterocycles. The zero-order valence-electron chi connectivity index (χ0n) is 22.6. The zero-order chi connectivity index (χ0) is 30.0. The fourth-order valence-corrected chi connectivity index (χ4v) is 5.49. The first-order valence-corrected chi connectivity index (χ1v) is 13.5. The summed E-state index contributed by atoms with van der Waals surface area (Å²) >= 11 is 6.27. The molecule has 15 heteroatoms. The van der Waals surface area contributed by atoms with E-state index < -0.39 is 85.6 Å². The highest BCUT2D eigenvalue weighted by Crippen LogP contribution is 2.52. The Bertz CT molecular complexity index is 1320. The van der Waals surface area contributed by atoms with Crippen molar-refractivity contribution in [3.05, 3.63) is 52.8 Å². The number of rotatable bonds is 11. The molecule has 210 valence electrons. The standard InChI is InChI=1S/C23H29ClF2N3O8P/c1-13(2)35-20(31)14(3)11-38(33,37-15-7-5-4-6-8-15)34-10-17-18(30)23(24,12-25)21(36-17)29-9-16(26)19(27)28-22(29)32/h4-9,13-14,17-18,21,30H,10-12H2,1-3H3,(H2,27,28,32)/t14-,17-,18+,21-,23?,38?/m1/s1/i10D2. The van der Waals surface area contributed by atoms with E-state index in [0.717, 1.165) is 0 Å². The smallest absolute Gasteiger partial charge is 0.380 e. The number of anilines is 1. The number of aromatic nitrogens is 2. The number of nitrogen functional groups attached to an aromatic ring is 1. The number of hydrogen-bond donors (Lipinski definition) is 2. The average Bonchev–Trinajstić information content (AvgIpc) is 3.12. The fourth-order valence-electron chi connectivity index (χ4n) is 3.51. The van der Waals surface area contributed by atoms with E-state index in [1.807, 2.05) is 0 Å². The summed E-state index contributed by atoms with van der Waals surface area (Å²) < 4.78 is 81.0. The van der Waals surface area contributed by atoms with Gasteiger partial charge in [0, 0.05) is 0 Å². The van der Waals surface area contributed by atoms with Crippen LogP contribution in [0.4, 0.5) is 14.6 Å². The van der Waals surface area contributed by atoms with E-state index in [1.165, 1.54) is 19.1 Å².